The summed E-state index contributed by atoms with van der Waals surface area (Å²) in [6.07, 6.45) is 2.44. The van der Waals surface area contributed by atoms with Crippen molar-refractivity contribution in [2.45, 2.75) is 18.2 Å². The molecule has 0 saturated carbocycles. The topological polar surface area (TPSA) is 123 Å². The maximum Gasteiger partial charge on any atom is 0.295 e. The molecule has 3 aromatic rings. The van der Waals surface area contributed by atoms with Crippen molar-refractivity contribution in [1.29, 1.82) is 0 Å². The normalized spacial score (nSPS) is 11.3. The first-order valence-electron chi connectivity index (χ1n) is 9.66. The van der Waals surface area contributed by atoms with Crippen LogP contribution in [0.1, 0.15) is 18.1 Å². The number of nitro groups is 1. The molecule has 0 bridgehead atoms. The molecular formula is C22H22N4O5S. The molecule has 0 atom stereocenters. The van der Waals surface area contributed by atoms with E-state index in [9.17, 15) is 18.5 Å². The van der Waals surface area contributed by atoms with E-state index in [4.69, 9.17) is 4.74 Å². The molecule has 32 heavy (non-hydrogen) atoms. The molecule has 0 aliphatic heterocycles. The predicted octanol–water partition coefficient (Wildman–Crippen LogP) is 4.41. The zero-order valence-electron chi connectivity index (χ0n) is 17.5. The lowest BCUT2D eigenvalue weighted by Crippen LogP contribution is -2.14. The maximum atomic E-state index is 12.8. The van der Waals surface area contributed by atoms with Gasteiger partial charge in [-0.15, -0.1) is 0 Å². The van der Waals surface area contributed by atoms with Crippen LogP contribution in [0.4, 0.5) is 17.1 Å². The summed E-state index contributed by atoms with van der Waals surface area (Å²) < 4.78 is 33.1. The van der Waals surface area contributed by atoms with E-state index in [0.717, 1.165) is 18.1 Å². The van der Waals surface area contributed by atoms with Crippen LogP contribution in [-0.4, -0.2) is 26.7 Å². The molecule has 0 unspecified atom stereocenters. The third-order valence-corrected chi connectivity index (χ3v) is 5.98. The van der Waals surface area contributed by atoms with Gasteiger partial charge >= 0.3 is 0 Å². The zero-order chi connectivity index (χ0) is 23.1. The average molecular weight is 455 g/mol. The molecule has 3 rings (SSSR count). The first-order chi connectivity index (χ1) is 15.3. The first kappa shape index (κ1) is 22.8. The molecule has 0 amide bonds. The van der Waals surface area contributed by atoms with Crippen LogP contribution in [0.15, 0.2) is 76.7 Å². The maximum absolute atomic E-state index is 12.8. The molecule has 0 spiro atoms. The van der Waals surface area contributed by atoms with E-state index in [1.54, 1.807) is 18.2 Å². The van der Waals surface area contributed by atoms with Gasteiger partial charge in [-0.3, -0.25) is 20.3 Å². The summed E-state index contributed by atoms with van der Waals surface area (Å²) in [6, 6.07) is 17.7. The van der Waals surface area contributed by atoms with Crippen LogP contribution in [0.25, 0.3) is 0 Å². The van der Waals surface area contributed by atoms with E-state index in [-0.39, 0.29) is 16.3 Å². The number of hydrazone groups is 1. The van der Waals surface area contributed by atoms with Gasteiger partial charge in [0.15, 0.2) is 0 Å². The van der Waals surface area contributed by atoms with E-state index < -0.39 is 20.6 Å². The van der Waals surface area contributed by atoms with Gasteiger partial charge in [0, 0.05) is 6.07 Å². The van der Waals surface area contributed by atoms with Crippen LogP contribution in [0, 0.1) is 10.1 Å². The molecule has 0 aliphatic rings. The molecule has 0 aliphatic carbocycles. The quantitative estimate of drug-likeness (QED) is 0.280. The summed E-state index contributed by atoms with van der Waals surface area (Å²) in [4.78, 5) is 10.6. The van der Waals surface area contributed by atoms with Crippen molar-refractivity contribution in [3.8, 4) is 5.75 Å². The van der Waals surface area contributed by atoms with Crippen LogP contribution in [0.2, 0.25) is 0 Å². The summed E-state index contributed by atoms with van der Waals surface area (Å²) in [5, 5.41) is 15.6. The minimum absolute atomic E-state index is 0.0627. The highest BCUT2D eigenvalue weighted by molar-refractivity contribution is 7.92. The van der Waals surface area contributed by atoms with Gasteiger partial charge in [0.05, 0.1) is 28.8 Å². The highest BCUT2D eigenvalue weighted by atomic mass is 32.2. The Hall–Kier alpha value is -3.92. The van der Waals surface area contributed by atoms with Gasteiger partial charge in [0.1, 0.15) is 11.4 Å². The highest BCUT2D eigenvalue weighted by Gasteiger charge is 2.22. The molecule has 0 saturated heterocycles. The number of rotatable bonds is 9. The van der Waals surface area contributed by atoms with Crippen LogP contribution < -0.4 is 14.9 Å². The number of hydrogen-bond acceptors (Lipinski definition) is 7. The van der Waals surface area contributed by atoms with E-state index in [0.29, 0.717) is 5.75 Å². The molecule has 166 valence electrons. The van der Waals surface area contributed by atoms with E-state index >= 15 is 0 Å². The number of sulfonamides is 1. The minimum atomic E-state index is -4.09. The van der Waals surface area contributed by atoms with Crippen molar-refractivity contribution in [1.82, 2.24) is 0 Å². The number of nitrogens with one attached hydrogen (secondary N) is 2. The summed E-state index contributed by atoms with van der Waals surface area (Å²) in [5.41, 5.74) is 4.47. The Morgan fingerprint density at radius 3 is 2.44 bits per heavy atom. The summed E-state index contributed by atoms with van der Waals surface area (Å²) in [6.45, 7) is 2.06. The fraction of sp³-hybridized carbons (Fsp3) is 0.136. The fourth-order valence-electron chi connectivity index (χ4n) is 2.87. The Morgan fingerprint density at radius 2 is 1.78 bits per heavy atom. The monoisotopic (exact) mass is 454 g/mol. The smallest absolute Gasteiger partial charge is 0.295 e. The van der Waals surface area contributed by atoms with Crippen LogP contribution in [-0.2, 0) is 16.4 Å². The highest BCUT2D eigenvalue weighted by Crippen LogP contribution is 2.30. The molecule has 0 heterocycles. The van der Waals surface area contributed by atoms with Crippen molar-refractivity contribution in [3.63, 3.8) is 0 Å². The zero-order valence-corrected chi connectivity index (χ0v) is 18.3. The predicted molar refractivity (Wildman–Crippen MR) is 124 cm³/mol. The number of para-hydroxylation sites is 2. The second-order valence-electron chi connectivity index (χ2n) is 6.71. The third-order valence-electron chi connectivity index (χ3n) is 4.61. The number of nitro benzene ring substituents is 1. The Labute approximate surface area is 185 Å². The minimum Gasteiger partial charge on any atom is -0.495 e. The molecule has 9 nitrogen and oxygen atoms in total. The molecule has 3 aromatic carbocycles. The van der Waals surface area contributed by atoms with Crippen LogP contribution in [0.3, 0.4) is 0 Å². The average Bonchev–Trinajstić information content (AvgIpc) is 2.79. The SMILES string of the molecule is CCc1ccc(C=NNc2ccc(S(=O)(=O)Nc3ccccc3OC)cc2[N+](=O)[O-])cc1. The van der Waals surface area contributed by atoms with Gasteiger partial charge in [-0.2, -0.15) is 5.10 Å². The van der Waals surface area contributed by atoms with Crippen molar-refractivity contribution in [2.75, 3.05) is 17.3 Å². The number of nitrogens with zero attached hydrogens (tertiary/aromatic N) is 2. The van der Waals surface area contributed by atoms with E-state index in [2.05, 4.69) is 22.2 Å². The van der Waals surface area contributed by atoms with Gasteiger partial charge in [-0.25, -0.2) is 8.42 Å². The number of hydrogen-bond donors (Lipinski definition) is 2. The summed E-state index contributed by atoms with van der Waals surface area (Å²) >= 11 is 0. The van der Waals surface area contributed by atoms with Crippen molar-refractivity contribution in [3.05, 3.63) is 88.0 Å². The second-order valence-corrected chi connectivity index (χ2v) is 8.39. The Morgan fingerprint density at radius 1 is 1.06 bits per heavy atom. The largest absolute Gasteiger partial charge is 0.495 e. The number of aryl methyl sites for hydroxylation is 1. The number of ether oxygens (including phenoxy) is 1. The van der Waals surface area contributed by atoms with E-state index in [1.807, 2.05) is 24.3 Å². The van der Waals surface area contributed by atoms with Crippen molar-refractivity contribution in [2.24, 2.45) is 5.10 Å². The molecule has 0 radical (unpaired) electrons. The van der Waals surface area contributed by atoms with Crippen LogP contribution in [0.5, 0.6) is 5.75 Å². The van der Waals surface area contributed by atoms with E-state index in [1.165, 1.54) is 37.1 Å². The number of methoxy groups -OCH3 is 1. The number of anilines is 2. The Balaban J connectivity index is 1.83. The Bertz CT molecular complexity index is 1240. The van der Waals surface area contributed by atoms with Gasteiger partial charge in [-0.05, 0) is 41.8 Å². The summed E-state index contributed by atoms with van der Waals surface area (Å²) in [7, 11) is -2.68. The fourth-order valence-corrected chi connectivity index (χ4v) is 3.96. The lowest BCUT2D eigenvalue weighted by atomic mass is 10.1. The lowest BCUT2D eigenvalue weighted by Gasteiger charge is -2.12. The van der Waals surface area contributed by atoms with Gasteiger partial charge < -0.3 is 4.74 Å². The van der Waals surface area contributed by atoms with Gasteiger partial charge in [0.25, 0.3) is 15.7 Å². The molecule has 0 aromatic heterocycles. The van der Waals surface area contributed by atoms with Gasteiger partial charge in [0.2, 0.25) is 0 Å². The lowest BCUT2D eigenvalue weighted by molar-refractivity contribution is -0.384. The summed E-state index contributed by atoms with van der Waals surface area (Å²) in [5.74, 6) is 0.324. The molecule has 0 fully saturated rings. The van der Waals surface area contributed by atoms with Gasteiger partial charge in [-0.1, -0.05) is 43.3 Å². The third kappa shape index (κ3) is 5.41. The second kappa shape index (κ2) is 9.92. The molecule has 2 N–H and O–H groups in total. The molecule has 10 heteroatoms. The number of benzene rings is 3. The first-order valence-corrected chi connectivity index (χ1v) is 11.1. The molecular weight excluding hydrogens is 432 g/mol. The van der Waals surface area contributed by atoms with Crippen molar-refractivity contribution >= 4 is 33.3 Å². The Kier molecular flexibility index (Phi) is 7.06. The van der Waals surface area contributed by atoms with Crippen LogP contribution >= 0.6 is 0 Å². The standard InChI is InChI=1S/C22H22N4O5S/c1-3-16-8-10-17(11-9-16)15-23-24-19-13-12-18(14-21(19)26(27)28)32(29,30)25-20-6-4-5-7-22(20)31-2/h4-15,24-25H,3H2,1-2H3. The van der Waals surface area contributed by atoms with Crippen molar-refractivity contribution < 1.29 is 18.1 Å².